The minimum absolute atomic E-state index is 0.100. The van der Waals surface area contributed by atoms with Gasteiger partial charge in [-0.2, -0.15) is 0 Å². The number of Topliss-reactive ketones (excluding diaryl/α,β-unsaturated/α-hetero) is 1. The molecule has 0 aliphatic carbocycles. The lowest BCUT2D eigenvalue weighted by atomic mass is 9.82. The average Bonchev–Trinajstić information content (AvgIpc) is 3.02. The summed E-state index contributed by atoms with van der Waals surface area (Å²) in [4.78, 5) is 15.7. The first-order valence-corrected chi connectivity index (χ1v) is 14.7. The first-order chi connectivity index (χ1) is 21.0. The fourth-order valence-corrected chi connectivity index (χ4v) is 6.11. The molecule has 4 nitrogen and oxygen atoms in total. The SMILES string of the molecule is O=C1CN(C(c2ccccc2)c2ccccc2)C1.OC1(c2ccc(F)cc2)CN(C(c2ccccc2)c2ccccc2)C1. The van der Waals surface area contributed by atoms with E-state index in [1.54, 1.807) is 12.1 Å². The van der Waals surface area contributed by atoms with E-state index in [-0.39, 0.29) is 17.9 Å². The Hall–Kier alpha value is -4.42. The Morgan fingerprint density at radius 2 is 0.884 bits per heavy atom. The molecular weight excluding hydrogens is 535 g/mol. The highest BCUT2D eigenvalue weighted by molar-refractivity contribution is 5.88. The van der Waals surface area contributed by atoms with E-state index in [0.29, 0.717) is 32.0 Å². The molecule has 2 aliphatic rings. The second-order valence-corrected chi connectivity index (χ2v) is 11.3. The molecule has 2 saturated heterocycles. The van der Waals surface area contributed by atoms with Gasteiger partial charge in [-0.05, 0) is 39.9 Å². The molecule has 0 unspecified atom stereocenters. The van der Waals surface area contributed by atoms with Crippen molar-refractivity contribution in [2.45, 2.75) is 17.7 Å². The van der Waals surface area contributed by atoms with E-state index in [2.05, 4.69) is 58.3 Å². The third kappa shape index (κ3) is 6.50. The van der Waals surface area contributed by atoms with Gasteiger partial charge in [-0.25, -0.2) is 4.39 Å². The van der Waals surface area contributed by atoms with Gasteiger partial charge in [0, 0.05) is 13.1 Å². The van der Waals surface area contributed by atoms with E-state index in [1.807, 2.05) is 72.8 Å². The maximum Gasteiger partial charge on any atom is 0.160 e. The van der Waals surface area contributed by atoms with Crippen LogP contribution in [0.25, 0.3) is 0 Å². The molecule has 0 radical (unpaired) electrons. The van der Waals surface area contributed by atoms with E-state index in [4.69, 9.17) is 0 Å². The number of β-amino-alcohol motifs (C(OH)–C–C–N with tert-alkyl or cyclic N) is 1. The maximum absolute atomic E-state index is 13.2. The predicted molar refractivity (Wildman–Crippen MR) is 168 cm³/mol. The van der Waals surface area contributed by atoms with Crippen molar-refractivity contribution >= 4 is 5.78 Å². The van der Waals surface area contributed by atoms with Crippen molar-refractivity contribution in [1.82, 2.24) is 9.80 Å². The van der Waals surface area contributed by atoms with Gasteiger partial charge in [-0.3, -0.25) is 14.6 Å². The Balaban J connectivity index is 0.000000162. The monoisotopic (exact) mass is 570 g/mol. The third-order valence-electron chi connectivity index (χ3n) is 8.26. The van der Waals surface area contributed by atoms with E-state index < -0.39 is 5.60 Å². The van der Waals surface area contributed by atoms with Gasteiger partial charge in [-0.15, -0.1) is 0 Å². The number of nitrogens with zero attached hydrogens (tertiary/aromatic N) is 2. The second-order valence-electron chi connectivity index (χ2n) is 11.3. The normalized spacial score (nSPS) is 16.2. The number of ketones is 1. The highest BCUT2D eigenvalue weighted by Gasteiger charge is 2.46. The summed E-state index contributed by atoms with van der Waals surface area (Å²) in [5.41, 5.74) is 4.75. The molecule has 5 aromatic rings. The molecule has 5 aromatic carbocycles. The fraction of sp³-hybridized carbons (Fsp3) is 0.184. The summed E-state index contributed by atoms with van der Waals surface area (Å²) >= 11 is 0. The maximum atomic E-state index is 13.2. The van der Waals surface area contributed by atoms with Crippen LogP contribution in [-0.2, 0) is 10.4 Å². The molecule has 5 heteroatoms. The van der Waals surface area contributed by atoms with Gasteiger partial charge >= 0.3 is 0 Å². The van der Waals surface area contributed by atoms with Crippen molar-refractivity contribution in [2.75, 3.05) is 26.2 Å². The number of rotatable bonds is 7. The summed E-state index contributed by atoms with van der Waals surface area (Å²) in [7, 11) is 0. The number of carbonyl (C=O) groups excluding carboxylic acids is 1. The van der Waals surface area contributed by atoms with Gasteiger partial charge in [0.1, 0.15) is 11.4 Å². The fourth-order valence-electron chi connectivity index (χ4n) is 6.11. The zero-order valence-corrected chi connectivity index (χ0v) is 24.0. The Morgan fingerprint density at radius 1 is 0.535 bits per heavy atom. The van der Waals surface area contributed by atoms with Crippen LogP contribution in [0.3, 0.4) is 0 Å². The van der Waals surface area contributed by atoms with Gasteiger partial charge < -0.3 is 5.11 Å². The second kappa shape index (κ2) is 12.8. The molecule has 0 aromatic heterocycles. The molecule has 216 valence electrons. The van der Waals surface area contributed by atoms with Crippen LogP contribution in [0.1, 0.15) is 39.9 Å². The van der Waals surface area contributed by atoms with Crippen LogP contribution in [0.4, 0.5) is 4.39 Å². The van der Waals surface area contributed by atoms with Crippen molar-refractivity contribution in [2.24, 2.45) is 0 Å². The third-order valence-corrected chi connectivity index (χ3v) is 8.26. The Kier molecular flexibility index (Phi) is 8.57. The zero-order chi connectivity index (χ0) is 29.6. The lowest BCUT2D eigenvalue weighted by molar-refractivity contribution is -0.130. The quantitative estimate of drug-likeness (QED) is 0.234. The van der Waals surface area contributed by atoms with Gasteiger partial charge in [0.05, 0.1) is 25.2 Å². The molecule has 0 spiro atoms. The summed E-state index contributed by atoms with van der Waals surface area (Å²) in [6, 6.07) is 47.8. The summed E-state index contributed by atoms with van der Waals surface area (Å²) in [6.45, 7) is 2.17. The molecule has 0 bridgehead atoms. The number of benzene rings is 5. The van der Waals surface area contributed by atoms with Crippen LogP contribution >= 0.6 is 0 Å². The van der Waals surface area contributed by atoms with Crippen LogP contribution in [-0.4, -0.2) is 46.9 Å². The van der Waals surface area contributed by atoms with Crippen molar-refractivity contribution in [1.29, 1.82) is 0 Å². The van der Waals surface area contributed by atoms with Crippen molar-refractivity contribution in [3.8, 4) is 0 Å². The number of halogens is 1. The molecule has 0 amide bonds. The first kappa shape index (κ1) is 28.7. The molecular formula is C38H35FN2O2. The molecule has 7 rings (SSSR count). The lowest BCUT2D eigenvalue weighted by Crippen LogP contribution is -2.60. The van der Waals surface area contributed by atoms with Crippen LogP contribution in [0.5, 0.6) is 0 Å². The topological polar surface area (TPSA) is 43.8 Å². The highest BCUT2D eigenvalue weighted by atomic mass is 19.1. The van der Waals surface area contributed by atoms with Crippen LogP contribution < -0.4 is 0 Å². The largest absolute Gasteiger partial charge is 0.382 e. The molecule has 2 heterocycles. The van der Waals surface area contributed by atoms with Gasteiger partial charge in [0.15, 0.2) is 5.78 Å². The zero-order valence-electron chi connectivity index (χ0n) is 24.0. The van der Waals surface area contributed by atoms with Crippen LogP contribution in [0.2, 0.25) is 0 Å². The van der Waals surface area contributed by atoms with Gasteiger partial charge in [-0.1, -0.05) is 133 Å². The standard InChI is InChI=1S/C22H20FNO.C16H15NO/c23-20-13-11-19(12-14-20)22(25)15-24(16-22)21(17-7-3-1-4-8-17)18-9-5-2-6-10-18;18-15-11-17(12-15)16(13-7-3-1-4-8-13)14-9-5-2-6-10-14/h1-14,21,25H,15-16H2;1-10,16H,11-12H2. The first-order valence-electron chi connectivity index (χ1n) is 14.7. The Morgan fingerprint density at radius 3 is 1.23 bits per heavy atom. The van der Waals surface area contributed by atoms with E-state index in [9.17, 15) is 14.3 Å². The minimum Gasteiger partial charge on any atom is -0.382 e. The number of likely N-dealkylation sites (tertiary alicyclic amines) is 2. The number of carbonyl (C=O) groups is 1. The smallest absolute Gasteiger partial charge is 0.160 e. The number of hydrogen-bond donors (Lipinski definition) is 1. The minimum atomic E-state index is -0.921. The predicted octanol–water partition coefficient (Wildman–Crippen LogP) is 6.78. The molecule has 2 aliphatic heterocycles. The van der Waals surface area contributed by atoms with Gasteiger partial charge in [0.25, 0.3) is 0 Å². The summed E-state index contributed by atoms with van der Waals surface area (Å²) in [5, 5.41) is 10.9. The summed E-state index contributed by atoms with van der Waals surface area (Å²) in [5.74, 6) is 0.0434. The van der Waals surface area contributed by atoms with Crippen LogP contribution in [0, 0.1) is 5.82 Å². The summed E-state index contributed by atoms with van der Waals surface area (Å²) in [6.07, 6.45) is 0. The van der Waals surface area contributed by atoms with E-state index in [1.165, 1.54) is 34.4 Å². The molecule has 0 atom stereocenters. The van der Waals surface area contributed by atoms with Crippen molar-refractivity contribution in [3.05, 3.63) is 179 Å². The van der Waals surface area contributed by atoms with Crippen LogP contribution in [0.15, 0.2) is 146 Å². The number of aliphatic hydroxyl groups is 1. The van der Waals surface area contributed by atoms with E-state index >= 15 is 0 Å². The lowest BCUT2D eigenvalue weighted by Gasteiger charge is -2.50. The van der Waals surface area contributed by atoms with Gasteiger partial charge in [0.2, 0.25) is 0 Å². The molecule has 2 fully saturated rings. The highest BCUT2D eigenvalue weighted by Crippen LogP contribution is 2.40. The van der Waals surface area contributed by atoms with Crippen molar-refractivity contribution < 1.29 is 14.3 Å². The number of hydrogen-bond acceptors (Lipinski definition) is 4. The molecule has 1 N–H and O–H groups in total. The average molecular weight is 571 g/mol. The molecule has 0 saturated carbocycles. The Bertz CT molecular complexity index is 1520. The summed E-state index contributed by atoms with van der Waals surface area (Å²) < 4.78 is 13.2. The Labute approximate surface area is 252 Å². The molecule has 43 heavy (non-hydrogen) atoms. The van der Waals surface area contributed by atoms with Crippen molar-refractivity contribution in [3.63, 3.8) is 0 Å². The van der Waals surface area contributed by atoms with E-state index in [0.717, 1.165) is 5.56 Å².